The Morgan fingerprint density at radius 3 is 2.39 bits per heavy atom. The van der Waals surface area contributed by atoms with Gasteiger partial charge in [0.15, 0.2) is 11.5 Å². The largest absolute Gasteiger partial charge is 0.493 e. The molecular weight excluding hydrogens is 380 g/mol. The van der Waals surface area contributed by atoms with Gasteiger partial charge in [0.25, 0.3) is 0 Å². The second kappa shape index (κ2) is 8.20. The van der Waals surface area contributed by atoms with Crippen LogP contribution in [0.3, 0.4) is 0 Å². The van der Waals surface area contributed by atoms with Gasteiger partial charge < -0.3 is 14.4 Å². The summed E-state index contributed by atoms with van der Waals surface area (Å²) in [6.45, 7) is 2.66. The number of ether oxygens (including phenoxy) is 2. The fourth-order valence-electron chi connectivity index (χ4n) is 3.19. The highest BCUT2D eigenvalue weighted by atomic mass is 32.2. The Hall–Kier alpha value is -2.58. The number of anilines is 1. The van der Waals surface area contributed by atoms with Gasteiger partial charge in [-0.1, -0.05) is 17.7 Å². The van der Waals surface area contributed by atoms with Crippen LogP contribution in [0.1, 0.15) is 12.0 Å². The molecule has 2 aromatic carbocycles. The summed E-state index contributed by atoms with van der Waals surface area (Å²) in [4.78, 5) is 14.1. The Kier molecular flexibility index (Phi) is 5.90. The lowest BCUT2D eigenvalue weighted by molar-refractivity contribution is -0.117. The molecule has 0 spiro atoms. The van der Waals surface area contributed by atoms with Crippen LogP contribution in [0.2, 0.25) is 0 Å². The number of aryl methyl sites for hydroxylation is 1. The van der Waals surface area contributed by atoms with Crippen LogP contribution in [-0.2, 0) is 14.8 Å². The number of hydrogen-bond acceptors (Lipinski definition) is 5. The Balaban J connectivity index is 1.66. The van der Waals surface area contributed by atoms with Crippen LogP contribution in [0.4, 0.5) is 5.69 Å². The van der Waals surface area contributed by atoms with Crippen molar-refractivity contribution < 1.29 is 22.7 Å². The first-order valence-electron chi connectivity index (χ1n) is 8.93. The van der Waals surface area contributed by atoms with Crippen LogP contribution in [0.25, 0.3) is 0 Å². The second-order valence-electron chi connectivity index (χ2n) is 6.78. The van der Waals surface area contributed by atoms with Crippen LogP contribution in [0, 0.1) is 12.8 Å². The van der Waals surface area contributed by atoms with E-state index in [2.05, 4.69) is 4.72 Å². The van der Waals surface area contributed by atoms with E-state index in [4.69, 9.17) is 9.47 Å². The number of benzene rings is 2. The highest BCUT2D eigenvalue weighted by Gasteiger charge is 2.31. The van der Waals surface area contributed by atoms with Gasteiger partial charge in [-0.15, -0.1) is 0 Å². The molecule has 1 amide bonds. The Morgan fingerprint density at radius 1 is 1.07 bits per heavy atom. The summed E-state index contributed by atoms with van der Waals surface area (Å²) in [6, 6.07) is 12.1. The number of nitrogens with one attached hydrogen (secondary N) is 1. The summed E-state index contributed by atoms with van der Waals surface area (Å²) < 4.78 is 38.1. The molecule has 3 rings (SSSR count). The van der Waals surface area contributed by atoms with E-state index < -0.39 is 10.0 Å². The van der Waals surface area contributed by atoms with Gasteiger partial charge in [-0.05, 0) is 37.1 Å². The fourth-order valence-corrected chi connectivity index (χ4v) is 4.32. The summed E-state index contributed by atoms with van der Waals surface area (Å²) in [5.74, 6) is 0.700. The number of rotatable bonds is 7. The zero-order valence-electron chi connectivity index (χ0n) is 16.1. The van der Waals surface area contributed by atoms with E-state index in [0.717, 1.165) is 11.3 Å². The molecule has 0 bridgehead atoms. The average molecular weight is 404 g/mol. The average Bonchev–Trinajstić information content (AvgIpc) is 3.07. The SMILES string of the molecule is COc1ccc(S(=O)(=O)NC[C@H]2CC(=O)N(c3ccc(C)cc3)C2)cc1OC. The highest BCUT2D eigenvalue weighted by molar-refractivity contribution is 7.89. The minimum absolute atomic E-state index is 0.000771. The number of amides is 1. The lowest BCUT2D eigenvalue weighted by atomic mass is 10.1. The molecule has 150 valence electrons. The maximum Gasteiger partial charge on any atom is 0.240 e. The van der Waals surface area contributed by atoms with Crippen LogP contribution < -0.4 is 19.1 Å². The molecule has 1 saturated heterocycles. The molecule has 7 nitrogen and oxygen atoms in total. The van der Waals surface area contributed by atoms with Crippen molar-refractivity contribution >= 4 is 21.6 Å². The topological polar surface area (TPSA) is 84.9 Å². The van der Waals surface area contributed by atoms with Crippen molar-refractivity contribution in [1.82, 2.24) is 4.72 Å². The minimum atomic E-state index is -3.73. The standard InChI is InChI=1S/C20H24N2O5S/c1-14-4-6-16(7-5-14)22-13-15(10-20(22)23)12-21-28(24,25)17-8-9-18(26-2)19(11-17)27-3/h4-9,11,15,21H,10,12-13H2,1-3H3/t15-/m1/s1. The maximum atomic E-state index is 12.6. The van der Waals surface area contributed by atoms with E-state index in [1.165, 1.54) is 26.4 Å². The molecule has 0 aliphatic carbocycles. The summed E-state index contributed by atoms with van der Waals surface area (Å²) in [7, 11) is -0.789. The van der Waals surface area contributed by atoms with Crippen molar-refractivity contribution in [2.75, 3.05) is 32.2 Å². The normalized spacial score (nSPS) is 17.0. The van der Waals surface area contributed by atoms with Crippen molar-refractivity contribution in [3.8, 4) is 11.5 Å². The van der Waals surface area contributed by atoms with Crippen LogP contribution in [-0.4, -0.2) is 41.6 Å². The lowest BCUT2D eigenvalue weighted by Gasteiger charge is -2.17. The third-order valence-corrected chi connectivity index (χ3v) is 6.20. The van der Waals surface area contributed by atoms with Crippen molar-refractivity contribution in [2.45, 2.75) is 18.2 Å². The highest BCUT2D eigenvalue weighted by Crippen LogP contribution is 2.30. The third-order valence-electron chi connectivity index (χ3n) is 4.78. The van der Waals surface area contributed by atoms with Crippen LogP contribution in [0.15, 0.2) is 47.4 Å². The molecule has 0 saturated carbocycles. The summed E-state index contributed by atoms with van der Waals surface area (Å²) in [5, 5.41) is 0. The number of carbonyl (C=O) groups is 1. The molecule has 1 fully saturated rings. The Bertz CT molecular complexity index is 957. The van der Waals surface area contributed by atoms with Gasteiger partial charge in [-0.25, -0.2) is 13.1 Å². The minimum Gasteiger partial charge on any atom is -0.493 e. The lowest BCUT2D eigenvalue weighted by Crippen LogP contribution is -2.31. The molecule has 28 heavy (non-hydrogen) atoms. The van der Waals surface area contributed by atoms with E-state index in [-0.39, 0.29) is 23.3 Å². The smallest absolute Gasteiger partial charge is 0.240 e. The number of hydrogen-bond donors (Lipinski definition) is 1. The number of carbonyl (C=O) groups excluding carboxylic acids is 1. The first-order valence-corrected chi connectivity index (χ1v) is 10.4. The Morgan fingerprint density at radius 2 is 1.75 bits per heavy atom. The van der Waals surface area contributed by atoms with Gasteiger partial charge in [0.1, 0.15) is 0 Å². The van der Waals surface area contributed by atoms with E-state index in [9.17, 15) is 13.2 Å². The number of nitrogens with zero attached hydrogens (tertiary/aromatic N) is 1. The monoisotopic (exact) mass is 404 g/mol. The fraction of sp³-hybridized carbons (Fsp3) is 0.350. The van der Waals surface area contributed by atoms with E-state index >= 15 is 0 Å². The van der Waals surface area contributed by atoms with E-state index in [0.29, 0.717) is 24.5 Å². The van der Waals surface area contributed by atoms with Crippen LogP contribution >= 0.6 is 0 Å². The first-order chi connectivity index (χ1) is 13.3. The molecule has 1 aliphatic rings. The number of sulfonamides is 1. The van der Waals surface area contributed by atoms with Gasteiger partial charge in [-0.2, -0.15) is 0 Å². The van der Waals surface area contributed by atoms with E-state index in [1.807, 2.05) is 31.2 Å². The molecule has 0 unspecified atom stereocenters. The van der Waals surface area contributed by atoms with Crippen molar-refractivity contribution in [3.63, 3.8) is 0 Å². The molecule has 1 atom stereocenters. The van der Waals surface area contributed by atoms with Gasteiger partial charge in [-0.3, -0.25) is 4.79 Å². The van der Waals surface area contributed by atoms with Crippen LogP contribution in [0.5, 0.6) is 11.5 Å². The second-order valence-corrected chi connectivity index (χ2v) is 8.55. The predicted molar refractivity (Wildman–Crippen MR) is 106 cm³/mol. The Labute approximate surface area is 165 Å². The maximum absolute atomic E-state index is 12.6. The third kappa shape index (κ3) is 4.28. The molecule has 1 heterocycles. The molecule has 1 aliphatic heterocycles. The van der Waals surface area contributed by atoms with Gasteiger partial charge in [0, 0.05) is 31.3 Å². The molecular formula is C20H24N2O5S. The van der Waals surface area contributed by atoms with Crippen molar-refractivity contribution in [1.29, 1.82) is 0 Å². The molecule has 0 aromatic heterocycles. The first kappa shape index (κ1) is 20.2. The van der Waals surface area contributed by atoms with Gasteiger partial charge >= 0.3 is 0 Å². The zero-order chi connectivity index (χ0) is 20.3. The summed E-state index contributed by atoms with van der Waals surface area (Å²) in [6.07, 6.45) is 0.308. The quantitative estimate of drug-likeness (QED) is 0.766. The van der Waals surface area contributed by atoms with Gasteiger partial charge in [0.2, 0.25) is 15.9 Å². The van der Waals surface area contributed by atoms with Crippen molar-refractivity contribution in [2.24, 2.45) is 5.92 Å². The van der Waals surface area contributed by atoms with E-state index in [1.54, 1.807) is 11.0 Å². The molecule has 1 N–H and O–H groups in total. The predicted octanol–water partition coefficient (Wildman–Crippen LogP) is 2.34. The molecule has 8 heteroatoms. The zero-order valence-corrected chi connectivity index (χ0v) is 17.0. The van der Waals surface area contributed by atoms with Gasteiger partial charge in [0.05, 0.1) is 19.1 Å². The van der Waals surface area contributed by atoms with Crippen molar-refractivity contribution in [3.05, 3.63) is 48.0 Å². The molecule has 0 radical (unpaired) electrons. The number of methoxy groups -OCH3 is 2. The summed E-state index contributed by atoms with van der Waals surface area (Å²) >= 11 is 0. The summed E-state index contributed by atoms with van der Waals surface area (Å²) in [5.41, 5.74) is 1.95. The molecule has 2 aromatic rings.